The van der Waals surface area contributed by atoms with E-state index in [0.717, 1.165) is 56.6 Å². The standard InChI is InChI=1S/C21H31FN2O2/c1-16-5-6-18(17(2)20(16)22)13-23-10-3-8-21(14-23)9-7-19(26)24(15-21)11-4-12-25/h5-6,25H,3-4,7-15H2,1-2H3/t21-/m1/s1. The van der Waals surface area contributed by atoms with Crippen LogP contribution in [0.25, 0.3) is 0 Å². The molecule has 0 saturated carbocycles. The first-order valence-electron chi connectivity index (χ1n) is 9.80. The van der Waals surface area contributed by atoms with Gasteiger partial charge in [0.1, 0.15) is 5.82 Å². The number of carbonyl (C=O) groups excluding carboxylic acids is 1. The van der Waals surface area contributed by atoms with Gasteiger partial charge in [0.2, 0.25) is 5.91 Å². The second-order valence-electron chi connectivity index (χ2n) is 8.19. The topological polar surface area (TPSA) is 43.8 Å². The SMILES string of the molecule is Cc1ccc(CN2CCC[C@@]3(CCC(=O)N(CCCO)C3)C2)c(C)c1F. The second-order valence-corrected chi connectivity index (χ2v) is 8.19. The Morgan fingerprint density at radius 3 is 2.81 bits per heavy atom. The molecule has 0 bridgehead atoms. The van der Waals surface area contributed by atoms with Crippen LogP contribution >= 0.6 is 0 Å². The maximum atomic E-state index is 14.2. The van der Waals surface area contributed by atoms with Crippen molar-refractivity contribution in [1.29, 1.82) is 0 Å². The quantitative estimate of drug-likeness (QED) is 0.876. The number of carbonyl (C=O) groups is 1. The van der Waals surface area contributed by atoms with Crippen molar-refractivity contribution in [1.82, 2.24) is 9.80 Å². The van der Waals surface area contributed by atoms with Gasteiger partial charge in [0.05, 0.1) is 0 Å². The van der Waals surface area contributed by atoms with Crippen molar-refractivity contribution in [3.05, 3.63) is 34.6 Å². The third kappa shape index (κ3) is 4.09. The van der Waals surface area contributed by atoms with Gasteiger partial charge in [0.15, 0.2) is 0 Å². The third-order valence-corrected chi connectivity index (χ3v) is 6.16. The number of hydrogen-bond acceptors (Lipinski definition) is 3. The Kier molecular flexibility index (Phi) is 5.98. The van der Waals surface area contributed by atoms with Crippen molar-refractivity contribution in [2.24, 2.45) is 5.41 Å². The first-order valence-corrected chi connectivity index (χ1v) is 9.80. The van der Waals surface area contributed by atoms with Crippen LogP contribution in [0.3, 0.4) is 0 Å². The molecule has 1 N–H and O–H groups in total. The van der Waals surface area contributed by atoms with Gasteiger partial charge in [0.25, 0.3) is 0 Å². The number of aliphatic hydroxyl groups excluding tert-OH is 1. The molecule has 0 aromatic heterocycles. The molecule has 0 unspecified atom stereocenters. The van der Waals surface area contributed by atoms with Crippen LogP contribution in [0, 0.1) is 25.1 Å². The van der Waals surface area contributed by atoms with Gasteiger partial charge in [-0.1, -0.05) is 12.1 Å². The average molecular weight is 362 g/mol. The molecule has 2 aliphatic rings. The summed E-state index contributed by atoms with van der Waals surface area (Å²) in [6.07, 6.45) is 4.47. The van der Waals surface area contributed by atoms with Gasteiger partial charge in [-0.15, -0.1) is 0 Å². The monoisotopic (exact) mass is 362 g/mol. The summed E-state index contributed by atoms with van der Waals surface area (Å²) in [6.45, 7) is 8.01. The van der Waals surface area contributed by atoms with Crippen molar-refractivity contribution < 1.29 is 14.3 Å². The van der Waals surface area contributed by atoms with Gasteiger partial charge < -0.3 is 10.0 Å². The average Bonchev–Trinajstić information content (AvgIpc) is 2.63. The van der Waals surface area contributed by atoms with Gasteiger partial charge >= 0.3 is 0 Å². The smallest absolute Gasteiger partial charge is 0.222 e. The van der Waals surface area contributed by atoms with E-state index in [0.29, 0.717) is 24.9 Å². The molecule has 2 heterocycles. The molecule has 5 heteroatoms. The molecular weight excluding hydrogens is 331 g/mol. The summed E-state index contributed by atoms with van der Waals surface area (Å²) >= 11 is 0. The predicted molar refractivity (Wildman–Crippen MR) is 100 cm³/mol. The van der Waals surface area contributed by atoms with Crippen molar-refractivity contribution >= 4 is 5.91 Å². The molecule has 2 saturated heterocycles. The lowest BCUT2D eigenvalue weighted by Gasteiger charge is -2.48. The van der Waals surface area contributed by atoms with Crippen molar-refractivity contribution in [3.63, 3.8) is 0 Å². The number of likely N-dealkylation sites (tertiary alicyclic amines) is 2. The lowest BCUT2D eigenvalue weighted by molar-refractivity contribution is -0.139. The van der Waals surface area contributed by atoms with Crippen LogP contribution in [0.1, 0.15) is 48.8 Å². The van der Waals surface area contributed by atoms with E-state index >= 15 is 0 Å². The number of hydrogen-bond donors (Lipinski definition) is 1. The van der Waals surface area contributed by atoms with E-state index in [1.54, 1.807) is 0 Å². The fourth-order valence-electron chi connectivity index (χ4n) is 4.62. The van der Waals surface area contributed by atoms with E-state index in [1.807, 2.05) is 30.9 Å². The minimum atomic E-state index is -0.0901. The fraction of sp³-hybridized carbons (Fsp3) is 0.667. The molecule has 144 valence electrons. The summed E-state index contributed by atoms with van der Waals surface area (Å²) in [5, 5.41) is 9.08. The van der Waals surface area contributed by atoms with Crippen LogP contribution in [0.15, 0.2) is 12.1 Å². The van der Waals surface area contributed by atoms with E-state index in [1.165, 1.54) is 0 Å². The fourth-order valence-corrected chi connectivity index (χ4v) is 4.62. The minimum Gasteiger partial charge on any atom is -0.396 e. The van der Waals surface area contributed by atoms with Gasteiger partial charge in [-0.3, -0.25) is 9.69 Å². The van der Waals surface area contributed by atoms with Gasteiger partial charge in [-0.05, 0) is 62.8 Å². The van der Waals surface area contributed by atoms with Crippen molar-refractivity contribution in [2.45, 2.75) is 52.5 Å². The summed E-state index contributed by atoms with van der Waals surface area (Å²) in [6, 6.07) is 3.92. The van der Waals surface area contributed by atoms with Crippen LogP contribution < -0.4 is 0 Å². The predicted octanol–water partition coefficient (Wildman–Crippen LogP) is 3.03. The number of piperidine rings is 2. The first-order chi connectivity index (χ1) is 12.4. The highest BCUT2D eigenvalue weighted by Gasteiger charge is 2.41. The molecular formula is C21H31FN2O2. The molecule has 1 atom stereocenters. The number of rotatable bonds is 5. The molecule has 2 fully saturated rings. The summed E-state index contributed by atoms with van der Waals surface area (Å²) in [7, 11) is 0. The van der Waals surface area contributed by atoms with Gasteiger partial charge in [-0.25, -0.2) is 4.39 Å². The minimum absolute atomic E-state index is 0.0901. The molecule has 0 radical (unpaired) electrons. The molecule has 0 aliphatic carbocycles. The summed E-state index contributed by atoms with van der Waals surface area (Å²) in [5.74, 6) is 0.130. The Morgan fingerprint density at radius 2 is 2.04 bits per heavy atom. The van der Waals surface area contributed by atoms with E-state index in [9.17, 15) is 9.18 Å². The molecule has 1 aromatic rings. The highest BCUT2D eigenvalue weighted by molar-refractivity contribution is 5.77. The molecule has 4 nitrogen and oxygen atoms in total. The molecule has 26 heavy (non-hydrogen) atoms. The number of benzene rings is 1. The normalized spacial score (nSPS) is 24.5. The largest absolute Gasteiger partial charge is 0.396 e. The maximum Gasteiger partial charge on any atom is 0.222 e. The molecule has 2 aliphatic heterocycles. The zero-order valence-corrected chi connectivity index (χ0v) is 16.1. The summed E-state index contributed by atoms with van der Waals surface area (Å²) in [4.78, 5) is 16.6. The zero-order valence-electron chi connectivity index (χ0n) is 16.1. The van der Waals surface area contributed by atoms with E-state index in [4.69, 9.17) is 5.11 Å². The lowest BCUT2D eigenvalue weighted by Crippen LogP contribution is -2.54. The molecule has 1 spiro atoms. The van der Waals surface area contributed by atoms with Crippen LogP contribution in [0.4, 0.5) is 4.39 Å². The zero-order chi connectivity index (χ0) is 18.7. The Bertz CT molecular complexity index is 664. The molecule has 1 amide bonds. The number of nitrogens with zero attached hydrogens (tertiary/aromatic N) is 2. The highest BCUT2D eigenvalue weighted by Crippen LogP contribution is 2.39. The number of halogens is 1. The van der Waals surface area contributed by atoms with Crippen LogP contribution in [-0.4, -0.2) is 53.6 Å². The number of aliphatic hydroxyl groups is 1. The molecule has 1 aromatic carbocycles. The Labute approximate surface area is 156 Å². The maximum absolute atomic E-state index is 14.2. The second kappa shape index (κ2) is 8.05. The Hall–Kier alpha value is -1.46. The van der Waals surface area contributed by atoms with Crippen LogP contribution in [0.2, 0.25) is 0 Å². The Morgan fingerprint density at radius 1 is 1.23 bits per heavy atom. The molecule has 3 rings (SSSR count). The highest BCUT2D eigenvalue weighted by atomic mass is 19.1. The van der Waals surface area contributed by atoms with Crippen LogP contribution in [-0.2, 0) is 11.3 Å². The number of aryl methyl sites for hydroxylation is 1. The van der Waals surface area contributed by atoms with Gasteiger partial charge in [0, 0.05) is 44.6 Å². The van der Waals surface area contributed by atoms with Crippen molar-refractivity contribution in [3.8, 4) is 0 Å². The first kappa shape index (κ1) is 19.3. The van der Waals surface area contributed by atoms with E-state index in [-0.39, 0.29) is 23.7 Å². The van der Waals surface area contributed by atoms with E-state index in [2.05, 4.69) is 4.90 Å². The van der Waals surface area contributed by atoms with Crippen molar-refractivity contribution in [2.75, 3.05) is 32.8 Å². The Balaban J connectivity index is 1.69. The summed E-state index contributed by atoms with van der Waals surface area (Å²) < 4.78 is 14.2. The van der Waals surface area contributed by atoms with E-state index < -0.39 is 0 Å². The van der Waals surface area contributed by atoms with Gasteiger partial charge in [-0.2, -0.15) is 0 Å². The third-order valence-electron chi connectivity index (χ3n) is 6.16. The lowest BCUT2D eigenvalue weighted by atomic mass is 9.73. The van der Waals surface area contributed by atoms with Crippen LogP contribution in [0.5, 0.6) is 0 Å². The number of amides is 1. The summed E-state index contributed by atoms with van der Waals surface area (Å²) in [5.41, 5.74) is 2.67.